The normalized spacial score (nSPS) is 16.1. The molecule has 0 radical (unpaired) electrons. The van der Waals surface area contributed by atoms with Gasteiger partial charge >= 0.3 is 0 Å². The van der Waals surface area contributed by atoms with Crippen LogP contribution in [0.15, 0.2) is 60.8 Å². The Kier molecular flexibility index (Phi) is 4.10. The molecule has 0 aliphatic carbocycles. The maximum Gasteiger partial charge on any atom is 0.229 e. The molecule has 0 bridgehead atoms. The smallest absolute Gasteiger partial charge is 0.229 e. The number of benzene rings is 2. The van der Waals surface area contributed by atoms with Gasteiger partial charge < -0.3 is 9.64 Å². The lowest BCUT2D eigenvalue weighted by atomic mass is 9.95. The van der Waals surface area contributed by atoms with Crippen molar-refractivity contribution in [2.45, 2.75) is 13.0 Å². The molecule has 0 spiro atoms. The Morgan fingerprint density at radius 3 is 2.96 bits per heavy atom. The van der Waals surface area contributed by atoms with E-state index in [9.17, 15) is 4.79 Å². The molecule has 25 heavy (non-hydrogen) atoms. The first kappa shape index (κ1) is 15.6. The Hall–Kier alpha value is -2.88. The van der Waals surface area contributed by atoms with Gasteiger partial charge in [0.15, 0.2) is 0 Å². The van der Waals surface area contributed by atoms with Crippen LogP contribution in [0.2, 0.25) is 0 Å². The quantitative estimate of drug-likeness (QED) is 0.738. The van der Waals surface area contributed by atoms with Gasteiger partial charge in [-0.1, -0.05) is 36.4 Å². The van der Waals surface area contributed by atoms with E-state index in [-0.39, 0.29) is 11.8 Å². The average molecular weight is 332 g/mol. The van der Waals surface area contributed by atoms with Gasteiger partial charge in [-0.3, -0.25) is 9.78 Å². The van der Waals surface area contributed by atoms with Crippen LogP contribution in [0.1, 0.15) is 11.1 Å². The highest BCUT2D eigenvalue weighted by molar-refractivity contribution is 5.83. The summed E-state index contributed by atoms with van der Waals surface area (Å²) in [6, 6.07) is 18.0. The molecule has 1 aliphatic rings. The van der Waals surface area contributed by atoms with Crippen LogP contribution in [0, 0.1) is 5.92 Å². The van der Waals surface area contributed by atoms with Crippen LogP contribution in [0.25, 0.3) is 10.9 Å². The van der Waals surface area contributed by atoms with Crippen LogP contribution in [0.3, 0.4) is 0 Å². The number of para-hydroxylation sites is 1. The standard InChI is InChI=1S/C21H20N2O2/c1-23(13-16-7-4-9-19-18(16)8-5-11-22-19)21(24)17-12-15-6-2-3-10-20(15)25-14-17/h2-11,17H,12-14H2,1H3. The first-order valence-corrected chi connectivity index (χ1v) is 8.50. The van der Waals surface area contributed by atoms with Gasteiger partial charge in [0, 0.05) is 25.2 Å². The molecule has 1 aliphatic heterocycles. The molecule has 1 amide bonds. The van der Waals surface area contributed by atoms with E-state index < -0.39 is 0 Å². The van der Waals surface area contributed by atoms with Crippen LogP contribution < -0.4 is 4.74 Å². The van der Waals surface area contributed by atoms with Crippen molar-refractivity contribution in [3.05, 3.63) is 71.9 Å². The summed E-state index contributed by atoms with van der Waals surface area (Å²) < 4.78 is 5.77. The molecule has 2 aromatic carbocycles. The Labute approximate surface area is 147 Å². The van der Waals surface area contributed by atoms with E-state index in [4.69, 9.17) is 4.74 Å². The molecule has 4 rings (SSSR count). The minimum Gasteiger partial charge on any atom is -0.492 e. The van der Waals surface area contributed by atoms with Gasteiger partial charge in [0.2, 0.25) is 5.91 Å². The van der Waals surface area contributed by atoms with Gasteiger partial charge in [0.1, 0.15) is 12.4 Å². The summed E-state index contributed by atoms with van der Waals surface area (Å²) in [5.74, 6) is 0.887. The number of amides is 1. The summed E-state index contributed by atoms with van der Waals surface area (Å²) in [6.07, 6.45) is 2.52. The molecule has 3 aromatic rings. The van der Waals surface area contributed by atoms with Gasteiger partial charge in [-0.15, -0.1) is 0 Å². The molecule has 1 aromatic heterocycles. The number of carbonyl (C=O) groups is 1. The highest BCUT2D eigenvalue weighted by Gasteiger charge is 2.28. The number of pyridine rings is 1. The SMILES string of the molecule is CN(Cc1cccc2ncccc12)C(=O)C1COc2ccccc2C1. The largest absolute Gasteiger partial charge is 0.492 e. The van der Waals surface area contributed by atoms with Crippen molar-refractivity contribution in [2.24, 2.45) is 5.92 Å². The number of fused-ring (bicyclic) bond motifs is 2. The maximum atomic E-state index is 12.9. The predicted octanol–water partition coefficient (Wildman–Crippen LogP) is 3.44. The molecule has 0 fully saturated rings. The second-order valence-electron chi connectivity index (χ2n) is 6.50. The van der Waals surface area contributed by atoms with Crippen molar-refractivity contribution in [3.8, 4) is 5.75 Å². The molecule has 0 saturated carbocycles. The molecule has 126 valence electrons. The van der Waals surface area contributed by atoms with Crippen molar-refractivity contribution < 1.29 is 9.53 Å². The molecule has 2 heterocycles. The zero-order chi connectivity index (χ0) is 17.2. The van der Waals surface area contributed by atoms with Gasteiger partial charge in [-0.2, -0.15) is 0 Å². The number of ether oxygens (including phenoxy) is 1. The van der Waals surface area contributed by atoms with E-state index in [0.29, 0.717) is 13.2 Å². The fraction of sp³-hybridized carbons (Fsp3) is 0.238. The molecular formula is C21H20N2O2. The van der Waals surface area contributed by atoms with Crippen molar-refractivity contribution in [1.82, 2.24) is 9.88 Å². The van der Waals surface area contributed by atoms with Crippen molar-refractivity contribution in [3.63, 3.8) is 0 Å². The third-order valence-corrected chi connectivity index (χ3v) is 4.75. The van der Waals surface area contributed by atoms with E-state index in [0.717, 1.165) is 34.2 Å². The number of carbonyl (C=O) groups excluding carboxylic acids is 1. The zero-order valence-electron chi connectivity index (χ0n) is 14.2. The highest BCUT2D eigenvalue weighted by atomic mass is 16.5. The van der Waals surface area contributed by atoms with Crippen molar-refractivity contribution >= 4 is 16.8 Å². The third-order valence-electron chi connectivity index (χ3n) is 4.75. The number of hydrogen-bond donors (Lipinski definition) is 0. The Balaban J connectivity index is 1.51. The van der Waals surface area contributed by atoms with E-state index in [1.165, 1.54) is 0 Å². The van der Waals surface area contributed by atoms with Crippen LogP contribution in [-0.2, 0) is 17.8 Å². The van der Waals surface area contributed by atoms with E-state index in [2.05, 4.69) is 17.1 Å². The van der Waals surface area contributed by atoms with Gasteiger partial charge in [-0.05, 0) is 35.7 Å². The van der Waals surface area contributed by atoms with Gasteiger partial charge in [-0.25, -0.2) is 0 Å². The number of nitrogens with zero attached hydrogens (tertiary/aromatic N) is 2. The van der Waals surface area contributed by atoms with Gasteiger partial charge in [0.05, 0.1) is 11.4 Å². The van der Waals surface area contributed by atoms with Crippen molar-refractivity contribution in [2.75, 3.05) is 13.7 Å². The number of hydrogen-bond acceptors (Lipinski definition) is 3. The summed E-state index contributed by atoms with van der Waals surface area (Å²) in [5, 5.41) is 1.09. The third kappa shape index (κ3) is 3.07. The van der Waals surface area contributed by atoms with E-state index in [1.54, 1.807) is 11.1 Å². The topological polar surface area (TPSA) is 42.4 Å². The summed E-state index contributed by atoms with van der Waals surface area (Å²) in [4.78, 5) is 19.1. The first-order chi connectivity index (χ1) is 12.2. The lowest BCUT2D eigenvalue weighted by molar-refractivity contribution is -0.136. The van der Waals surface area contributed by atoms with Crippen LogP contribution in [0.5, 0.6) is 5.75 Å². The molecule has 4 heteroatoms. The minimum absolute atomic E-state index is 0.121. The van der Waals surface area contributed by atoms with Crippen LogP contribution >= 0.6 is 0 Å². The second kappa shape index (κ2) is 6.55. The predicted molar refractivity (Wildman–Crippen MR) is 97.3 cm³/mol. The first-order valence-electron chi connectivity index (χ1n) is 8.50. The lowest BCUT2D eigenvalue weighted by Crippen LogP contribution is -2.38. The Morgan fingerprint density at radius 2 is 2.04 bits per heavy atom. The molecule has 1 atom stereocenters. The Morgan fingerprint density at radius 1 is 1.16 bits per heavy atom. The Bertz CT molecular complexity index is 917. The highest BCUT2D eigenvalue weighted by Crippen LogP contribution is 2.28. The maximum absolute atomic E-state index is 12.9. The molecule has 0 saturated heterocycles. The molecule has 1 unspecified atom stereocenters. The monoisotopic (exact) mass is 332 g/mol. The van der Waals surface area contributed by atoms with E-state index in [1.807, 2.05) is 49.5 Å². The van der Waals surface area contributed by atoms with Crippen LogP contribution in [0.4, 0.5) is 0 Å². The minimum atomic E-state index is -0.131. The van der Waals surface area contributed by atoms with E-state index >= 15 is 0 Å². The van der Waals surface area contributed by atoms with Crippen molar-refractivity contribution in [1.29, 1.82) is 0 Å². The number of aromatic nitrogens is 1. The summed E-state index contributed by atoms with van der Waals surface area (Å²) in [6.45, 7) is 1.01. The molecule has 0 N–H and O–H groups in total. The molecular weight excluding hydrogens is 312 g/mol. The number of rotatable bonds is 3. The second-order valence-corrected chi connectivity index (χ2v) is 6.50. The fourth-order valence-electron chi connectivity index (χ4n) is 3.44. The lowest BCUT2D eigenvalue weighted by Gasteiger charge is -2.28. The summed E-state index contributed by atoms with van der Waals surface area (Å²) in [5.41, 5.74) is 3.17. The fourth-order valence-corrected chi connectivity index (χ4v) is 3.44. The molecule has 4 nitrogen and oxygen atoms in total. The zero-order valence-corrected chi connectivity index (χ0v) is 14.2. The summed E-state index contributed by atoms with van der Waals surface area (Å²) in [7, 11) is 1.86. The summed E-state index contributed by atoms with van der Waals surface area (Å²) >= 11 is 0. The van der Waals surface area contributed by atoms with Gasteiger partial charge in [0.25, 0.3) is 0 Å². The van der Waals surface area contributed by atoms with Crippen LogP contribution in [-0.4, -0.2) is 29.4 Å². The average Bonchev–Trinajstić information content (AvgIpc) is 2.67.